The molecule has 0 radical (unpaired) electrons. The van der Waals surface area contributed by atoms with Crippen LogP contribution in [0, 0.1) is 17.8 Å². The van der Waals surface area contributed by atoms with Crippen molar-refractivity contribution in [3.63, 3.8) is 0 Å². The number of morpholine rings is 1. The molecule has 4 heterocycles. The van der Waals surface area contributed by atoms with Gasteiger partial charge in [-0.25, -0.2) is 0 Å². The first-order valence-electron chi connectivity index (χ1n) is 15.9. The highest BCUT2D eigenvalue weighted by atomic mass is 16.5. The Hall–Kier alpha value is -2.27. The van der Waals surface area contributed by atoms with Crippen LogP contribution < -0.4 is 0 Å². The average Bonchev–Trinajstić information content (AvgIpc) is 3.59. The topological polar surface area (TPSA) is 103 Å². The van der Waals surface area contributed by atoms with Crippen molar-refractivity contribution in [3.8, 4) is 0 Å². The third-order valence-electron chi connectivity index (χ3n) is 10.0. The van der Waals surface area contributed by atoms with Crippen molar-refractivity contribution >= 4 is 17.7 Å². The number of rotatable bonds is 15. The van der Waals surface area contributed by atoms with Gasteiger partial charge < -0.3 is 29.3 Å². The number of ether oxygens (including phenoxy) is 2. The lowest BCUT2D eigenvalue weighted by Crippen LogP contribution is -2.60. The first kappa shape index (κ1) is 32.6. The number of carbonyl (C=O) groups excluding carboxylic acids is 3. The molecule has 0 aromatic rings. The van der Waals surface area contributed by atoms with Gasteiger partial charge >= 0.3 is 0 Å². The van der Waals surface area contributed by atoms with Crippen LogP contribution in [0.15, 0.2) is 25.3 Å². The zero-order chi connectivity index (χ0) is 30.7. The highest BCUT2D eigenvalue weighted by Crippen LogP contribution is 2.65. The summed E-state index contributed by atoms with van der Waals surface area (Å²) < 4.78 is 12.5. The second-order valence-electron chi connectivity index (χ2n) is 12.7. The van der Waals surface area contributed by atoms with Crippen LogP contribution in [0.4, 0.5) is 0 Å². The number of aliphatic hydroxyl groups excluding tert-OH is 1. The second kappa shape index (κ2) is 13.6. The number of amides is 3. The third-order valence-corrected chi connectivity index (χ3v) is 10.0. The molecule has 4 saturated heterocycles. The summed E-state index contributed by atoms with van der Waals surface area (Å²) in [5, 5.41) is 10.5. The van der Waals surface area contributed by atoms with E-state index in [1.54, 1.807) is 26.9 Å². The predicted molar refractivity (Wildman–Crippen MR) is 161 cm³/mol. The maximum Gasteiger partial charge on any atom is 0.248 e. The molecule has 4 aliphatic heterocycles. The van der Waals surface area contributed by atoms with Crippen molar-refractivity contribution < 1.29 is 29.0 Å². The Balaban J connectivity index is 1.76. The molecular formula is C32H52N4O6. The standard InChI is InChI=1S/C32H52N4O6/c1-7-13-34(14-8-2)28(38)25-26-29(39)36(24(22-37)23(5)6)27(32(26)12-11-31(25,10-4)42-32)30(40)35(15-9-3)17-16-33-18-20-41-21-19-33/h7,9,23-27,37H,1,3,8,10-22H2,2,4-6H3/t24-,25+,26-,27?,31-,32?/m0/s1. The molecular weight excluding hydrogens is 536 g/mol. The van der Waals surface area contributed by atoms with Crippen LogP contribution in [0.1, 0.15) is 53.4 Å². The van der Waals surface area contributed by atoms with E-state index in [2.05, 4.69) is 18.1 Å². The van der Waals surface area contributed by atoms with Crippen molar-refractivity contribution in [1.82, 2.24) is 19.6 Å². The van der Waals surface area contributed by atoms with Gasteiger partial charge in [0.2, 0.25) is 17.7 Å². The first-order chi connectivity index (χ1) is 20.2. The monoisotopic (exact) mass is 588 g/mol. The SMILES string of the molecule is C=CCN(CCN1CCOCC1)C(=O)C1N([C@@H](CO)C(C)C)C(=O)[C@@H]2[C@H](C(=O)N(CC=C)CCC)[C@]3(CC)CCC12O3. The van der Waals surface area contributed by atoms with Gasteiger partial charge in [-0.05, 0) is 31.6 Å². The fourth-order valence-electron chi connectivity index (χ4n) is 7.91. The van der Waals surface area contributed by atoms with Gasteiger partial charge in [0.1, 0.15) is 11.6 Å². The highest BCUT2D eigenvalue weighted by molar-refractivity contribution is 5.99. The number of hydrogen-bond donors (Lipinski definition) is 1. The van der Waals surface area contributed by atoms with Crippen LogP contribution in [0.3, 0.4) is 0 Å². The Kier molecular flexibility index (Phi) is 10.5. The molecule has 10 heteroatoms. The van der Waals surface area contributed by atoms with Gasteiger partial charge in [-0.3, -0.25) is 19.3 Å². The molecule has 236 valence electrons. The van der Waals surface area contributed by atoms with Crippen LogP contribution in [0.2, 0.25) is 0 Å². The summed E-state index contributed by atoms with van der Waals surface area (Å²) in [6.45, 7) is 20.8. The van der Waals surface area contributed by atoms with Gasteiger partial charge in [-0.2, -0.15) is 0 Å². The molecule has 4 rings (SSSR count). The molecule has 42 heavy (non-hydrogen) atoms. The van der Waals surface area contributed by atoms with E-state index in [1.165, 1.54) is 0 Å². The molecule has 4 aliphatic rings. The molecule has 1 spiro atoms. The van der Waals surface area contributed by atoms with Gasteiger partial charge in [0, 0.05) is 45.8 Å². The summed E-state index contributed by atoms with van der Waals surface area (Å²) in [6.07, 6.45) is 5.91. The van der Waals surface area contributed by atoms with E-state index in [0.717, 1.165) is 19.5 Å². The zero-order valence-corrected chi connectivity index (χ0v) is 26.1. The number of likely N-dealkylation sites (tertiary alicyclic amines) is 1. The number of nitrogens with zero attached hydrogens (tertiary/aromatic N) is 4. The van der Waals surface area contributed by atoms with E-state index < -0.39 is 35.1 Å². The fraction of sp³-hybridized carbons (Fsp3) is 0.781. The van der Waals surface area contributed by atoms with Gasteiger partial charge in [-0.1, -0.05) is 39.8 Å². The van der Waals surface area contributed by atoms with E-state index in [4.69, 9.17) is 9.47 Å². The molecule has 1 N–H and O–H groups in total. The molecule has 0 aliphatic carbocycles. The molecule has 0 aromatic heterocycles. The molecule has 2 bridgehead atoms. The Morgan fingerprint density at radius 3 is 2.26 bits per heavy atom. The van der Waals surface area contributed by atoms with E-state index >= 15 is 0 Å². The number of aliphatic hydroxyl groups is 1. The van der Waals surface area contributed by atoms with Gasteiger partial charge in [-0.15, -0.1) is 13.2 Å². The second-order valence-corrected chi connectivity index (χ2v) is 12.7. The van der Waals surface area contributed by atoms with Gasteiger partial charge in [0.25, 0.3) is 0 Å². The van der Waals surface area contributed by atoms with Crippen LogP contribution in [0.5, 0.6) is 0 Å². The Morgan fingerprint density at radius 1 is 1.07 bits per heavy atom. The molecule has 0 aromatic carbocycles. The molecule has 0 saturated carbocycles. The first-order valence-corrected chi connectivity index (χ1v) is 15.9. The largest absolute Gasteiger partial charge is 0.394 e. The number of carbonyl (C=O) groups is 3. The van der Waals surface area contributed by atoms with Crippen molar-refractivity contribution in [2.45, 2.75) is 76.7 Å². The van der Waals surface area contributed by atoms with E-state index in [9.17, 15) is 19.5 Å². The van der Waals surface area contributed by atoms with Gasteiger partial charge in [0.05, 0.1) is 43.3 Å². The average molecular weight is 589 g/mol. The molecule has 3 amide bonds. The van der Waals surface area contributed by atoms with Gasteiger partial charge in [0.15, 0.2) is 0 Å². The minimum Gasteiger partial charge on any atom is -0.394 e. The predicted octanol–water partition coefficient (Wildman–Crippen LogP) is 1.93. The van der Waals surface area contributed by atoms with Crippen molar-refractivity contribution in [3.05, 3.63) is 25.3 Å². The molecule has 6 atom stereocenters. The summed E-state index contributed by atoms with van der Waals surface area (Å²) in [5.41, 5.74) is -1.93. The van der Waals surface area contributed by atoms with Crippen molar-refractivity contribution in [1.29, 1.82) is 0 Å². The van der Waals surface area contributed by atoms with Crippen LogP contribution >= 0.6 is 0 Å². The van der Waals surface area contributed by atoms with Crippen molar-refractivity contribution in [2.75, 3.05) is 65.6 Å². The van der Waals surface area contributed by atoms with E-state index in [-0.39, 0.29) is 30.2 Å². The highest BCUT2D eigenvalue weighted by Gasteiger charge is 2.79. The Morgan fingerprint density at radius 2 is 1.71 bits per heavy atom. The fourth-order valence-corrected chi connectivity index (χ4v) is 7.91. The summed E-state index contributed by atoms with van der Waals surface area (Å²) in [5.74, 6) is -2.13. The van der Waals surface area contributed by atoms with Crippen molar-refractivity contribution in [2.24, 2.45) is 17.8 Å². The minimum absolute atomic E-state index is 0.102. The van der Waals surface area contributed by atoms with E-state index in [1.807, 2.05) is 27.7 Å². The van der Waals surface area contributed by atoms with Crippen LogP contribution in [-0.2, 0) is 23.9 Å². The quantitative estimate of drug-likeness (QED) is 0.292. The molecule has 10 nitrogen and oxygen atoms in total. The number of fused-ring (bicyclic) bond motifs is 1. The Labute approximate surface area is 251 Å². The summed E-state index contributed by atoms with van der Waals surface area (Å²) in [4.78, 5) is 51.0. The smallest absolute Gasteiger partial charge is 0.248 e. The van der Waals surface area contributed by atoms with Crippen LogP contribution in [0.25, 0.3) is 0 Å². The lowest BCUT2D eigenvalue weighted by atomic mass is 9.64. The third kappa shape index (κ3) is 5.55. The summed E-state index contributed by atoms with van der Waals surface area (Å²) in [6, 6.07) is -1.50. The molecule has 4 fully saturated rings. The minimum atomic E-state index is -1.13. The lowest BCUT2D eigenvalue weighted by molar-refractivity contribution is -0.159. The van der Waals surface area contributed by atoms with E-state index in [0.29, 0.717) is 65.2 Å². The lowest BCUT2D eigenvalue weighted by Gasteiger charge is -2.41. The molecule has 2 unspecified atom stereocenters. The maximum atomic E-state index is 14.7. The maximum absolute atomic E-state index is 14.7. The normalized spacial score (nSPS) is 31.3. The number of hydrogen-bond acceptors (Lipinski definition) is 7. The summed E-state index contributed by atoms with van der Waals surface area (Å²) in [7, 11) is 0. The zero-order valence-electron chi connectivity index (χ0n) is 26.1. The summed E-state index contributed by atoms with van der Waals surface area (Å²) >= 11 is 0. The van der Waals surface area contributed by atoms with Crippen LogP contribution in [-0.4, -0.2) is 131 Å². The Bertz CT molecular complexity index is 1010.